The van der Waals surface area contributed by atoms with Crippen molar-refractivity contribution in [2.75, 3.05) is 11.5 Å². The molecule has 1 aliphatic rings. The average molecular weight is 467 g/mol. The van der Waals surface area contributed by atoms with Gasteiger partial charge < -0.3 is 14.5 Å². The zero-order chi connectivity index (χ0) is 23.0. The van der Waals surface area contributed by atoms with Crippen molar-refractivity contribution in [2.45, 2.75) is 57.5 Å². The maximum absolute atomic E-state index is 13.6. The van der Waals surface area contributed by atoms with E-state index in [1.54, 1.807) is 17.0 Å². The van der Waals surface area contributed by atoms with Crippen molar-refractivity contribution in [2.24, 2.45) is 0 Å². The van der Waals surface area contributed by atoms with Crippen LogP contribution in [-0.4, -0.2) is 24.5 Å². The lowest BCUT2D eigenvalue weighted by Crippen LogP contribution is -2.47. The van der Waals surface area contributed by atoms with Gasteiger partial charge in [0.2, 0.25) is 5.91 Å². The van der Waals surface area contributed by atoms with Crippen LogP contribution >= 0.6 is 11.3 Å². The summed E-state index contributed by atoms with van der Waals surface area (Å²) in [7, 11) is 0. The Balaban J connectivity index is 1.68. The Hall–Kier alpha value is -3.06. The first-order chi connectivity index (χ1) is 16.2. The minimum Gasteiger partial charge on any atom is -0.494 e. The molecular formula is C26H30N2O4S. The Morgan fingerprint density at radius 3 is 2.55 bits per heavy atom. The number of nitrogens with zero attached hydrogens (tertiary/aromatic N) is 1. The van der Waals surface area contributed by atoms with Gasteiger partial charge in [-0.1, -0.05) is 25.3 Å². The molecule has 1 saturated carbocycles. The molecule has 0 unspecified atom stereocenters. The van der Waals surface area contributed by atoms with Gasteiger partial charge >= 0.3 is 0 Å². The molecule has 2 aromatic heterocycles. The largest absolute Gasteiger partial charge is 0.494 e. The molecule has 1 aromatic carbocycles. The van der Waals surface area contributed by atoms with Gasteiger partial charge in [0.05, 0.1) is 19.3 Å². The van der Waals surface area contributed by atoms with Crippen molar-refractivity contribution in [1.29, 1.82) is 0 Å². The molecule has 2 heterocycles. The van der Waals surface area contributed by atoms with Crippen molar-refractivity contribution in [3.05, 3.63) is 70.8 Å². The van der Waals surface area contributed by atoms with Gasteiger partial charge in [0.15, 0.2) is 6.04 Å². The smallest absolute Gasteiger partial charge is 0.251 e. The van der Waals surface area contributed by atoms with Crippen molar-refractivity contribution in [1.82, 2.24) is 5.32 Å². The number of furan rings is 1. The van der Waals surface area contributed by atoms with Crippen LogP contribution in [0.25, 0.3) is 0 Å². The number of benzene rings is 1. The fourth-order valence-corrected chi connectivity index (χ4v) is 5.00. The van der Waals surface area contributed by atoms with Gasteiger partial charge in [-0.15, -0.1) is 11.3 Å². The van der Waals surface area contributed by atoms with Crippen LogP contribution in [0.4, 0.5) is 5.69 Å². The normalized spacial score (nSPS) is 15.1. The van der Waals surface area contributed by atoms with Gasteiger partial charge in [0.1, 0.15) is 11.5 Å². The Morgan fingerprint density at radius 1 is 1.12 bits per heavy atom. The topological polar surface area (TPSA) is 71.8 Å². The molecule has 7 heteroatoms. The second kappa shape index (κ2) is 11.2. The van der Waals surface area contributed by atoms with Crippen molar-refractivity contribution < 1.29 is 18.7 Å². The Bertz CT molecular complexity index is 1010. The number of ether oxygens (including phenoxy) is 1. The van der Waals surface area contributed by atoms with E-state index >= 15 is 0 Å². The standard InChI is InChI=1S/C26H30N2O4S/c1-2-31-21-14-12-20(13-15-21)28(24(29)18-22-10-7-17-33-22)25(23-11-6-16-32-23)26(30)27-19-8-4-3-5-9-19/h6-7,10-17,19,25H,2-5,8-9,18H2,1H3,(H,27,30)/t25-/m0/s1. The molecule has 0 saturated heterocycles. The van der Waals surface area contributed by atoms with Crippen LogP contribution in [0.5, 0.6) is 5.75 Å². The highest BCUT2D eigenvalue weighted by Crippen LogP contribution is 2.31. The third kappa shape index (κ3) is 5.85. The van der Waals surface area contributed by atoms with Gasteiger partial charge in [-0.25, -0.2) is 0 Å². The summed E-state index contributed by atoms with van der Waals surface area (Å²) in [5, 5.41) is 5.14. The molecule has 0 radical (unpaired) electrons. The number of rotatable bonds is 9. The van der Waals surface area contributed by atoms with Crippen LogP contribution in [0.2, 0.25) is 0 Å². The Kier molecular flexibility index (Phi) is 7.83. The molecule has 1 N–H and O–H groups in total. The number of hydrogen-bond acceptors (Lipinski definition) is 5. The first-order valence-corrected chi connectivity index (χ1v) is 12.4. The minimum absolute atomic E-state index is 0.123. The first kappa shape index (κ1) is 23.1. The molecule has 2 amide bonds. The predicted molar refractivity (Wildman–Crippen MR) is 130 cm³/mol. The molecule has 33 heavy (non-hydrogen) atoms. The number of nitrogens with one attached hydrogen (secondary N) is 1. The summed E-state index contributed by atoms with van der Waals surface area (Å²) in [4.78, 5) is 29.8. The van der Waals surface area contributed by atoms with Gasteiger partial charge in [-0.05, 0) is 67.6 Å². The molecule has 0 bridgehead atoms. The van der Waals surface area contributed by atoms with Crippen molar-refractivity contribution in [3.8, 4) is 5.75 Å². The van der Waals surface area contributed by atoms with E-state index in [4.69, 9.17) is 9.15 Å². The van der Waals surface area contributed by atoms with E-state index < -0.39 is 6.04 Å². The van der Waals surface area contributed by atoms with E-state index in [0.717, 1.165) is 30.6 Å². The second-order valence-corrected chi connectivity index (χ2v) is 9.24. The van der Waals surface area contributed by atoms with Crippen LogP contribution < -0.4 is 15.0 Å². The molecule has 1 aliphatic carbocycles. The summed E-state index contributed by atoms with van der Waals surface area (Å²) in [6.07, 6.45) is 7.08. The average Bonchev–Trinajstić information content (AvgIpc) is 3.53. The van der Waals surface area contributed by atoms with Crippen LogP contribution in [-0.2, 0) is 16.0 Å². The zero-order valence-electron chi connectivity index (χ0n) is 18.9. The third-order valence-electron chi connectivity index (χ3n) is 5.87. The summed E-state index contributed by atoms with van der Waals surface area (Å²) in [6.45, 7) is 2.48. The van der Waals surface area contributed by atoms with E-state index in [9.17, 15) is 9.59 Å². The van der Waals surface area contributed by atoms with E-state index in [1.165, 1.54) is 24.0 Å². The van der Waals surface area contributed by atoms with Crippen LogP contribution in [0.3, 0.4) is 0 Å². The molecule has 4 rings (SSSR count). The maximum atomic E-state index is 13.6. The number of thiophene rings is 1. The highest BCUT2D eigenvalue weighted by Gasteiger charge is 2.36. The lowest BCUT2D eigenvalue weighted by molar-refractivity contribution is -0.127. The fourth-order valence-electron chi connectivity index (χ4n) is 4.30. The molecule has 6 nitrogen and oxygen atoms in total. The van der Waals surface area contributed by atoms with E-state index in [2.05, 4.69) is 5.32 Å². The summed E-state index contributed by atoms with van der Waals surface area (Å²) >= 11 is 1.53. The van der Waals surface area contributed by atoms with Gasteiger partial charge in [-0.2, -0.15) is 0 Å². The first-order valence-electron chi connectivity index (χ1n) is 11.6. The number of anilines is 1. The molecular weight excluding hydrogens is 436 g/mol. The highest BCUT2D eigenvalue weighted by molar-refractivity contribution is 7.10. The minimum atomic E-state index is -0.896. The Morgan fingerprint density at radius 2 is 1.91 bits per heavy atom. The van der Waals surface area contributed by atoms with Gasteiger partial charge in [0, 0.05) is 16.6 Å². The van der Waals surface area contributed by atoms with Gasteiger partial charge in [0.25, 0.3) is 5.91 Å². The predicted octanol–water partition coefficient (Wildman–Crippen LogP) is 5.51. The molecule has 0 aliphatic heterocycles. The highest BCUT2D eigenvalue weighted by atomic mass is 32.1. The number of hydrogen-bond donors (Lipinski definition) is 1. The van der Waals surface area contributed by atoms with Crippen LogP contribution in [0, 0.1) is 0 Å². The summed E-state index contributed by atoms with van der Waals surface area (Å²) < 4.78 is 11.2. The second-order valence-electron chi connectivity index (χ2n) is 8.21. The molecule has 3 aromatic rings. The quantitative estimate of drug-likeness (QED) is 0.452. The monoisotopic (exact) mass is 466 g/mol. The van der Waals surface area contributed by atoms with Crippen LogP contribution in [0.1, 0.15) is 55.7 Å². The van der Waals surface area contributed by atoms with Crippen molar-refractivity contribution >= 4 is 28.8 Å². The van der Waals surface area contributed by atoms with E-state index in [1.807, 2.05) is 48.7 Å². The zero-order valence-corrected chi connectivity index (χ0v) is 19.7. The molecule has 1 fully saturated rings. The Labute approximate surface area is 198 Å². The summed E-state index contributed by atoms with van der Waals surface area (Å²) in [6, 6.07) is 13.9. The van der Waals surface area contributed by atoms with Gasteiger partial charge in [-0.3, -0.25) is 14.5 Å². The lowest BCUT2D eigenvalue weighted by Gasteiger charge is -2.32. The molecule has 174 valence electrons. The third-order valence-corrected chi connectivity index (χ3v) is 6.75. The molecule has 0 spiro atoms. The van der Waals surface area contributed by atoms with Crippen LogP contribution in [0.15, 0.2) is 64.6 Å². The lowest BCUT2D eigenvalue weighted by atomic mass is 9.95. The maximum Gasteiger partial charge on any atom is 0.251 e. The fraction of sp³-hybridized carbons (Fsp3) is 0.385. The summed E-state index contributed by atoms with van der Waals surface area (Å²) in [5.74, 6) is 0.775. The SMILES string of the molecule is CCOc1ccc(N(C(=O)Cc2cccs2)[C@H](C(=O)NC2CCCCC2)c2ccco2)cc1. The number of carbonyl (C=O) groups is 2. The molecule has 1 atom stereocenters. The van der Waals surface area contributed by atoms with Crippen molar-refractivity contribution in [3.63, 3.8) is 0 Å². The van der Waals surface area contributed by atoms with E-state index in [0.29, 0.717) is 23.8 Å². The summed E-state index contributed by atoms with van der Waals surface area (Å²) in [5.41, 5.74) is 0.625. The van der Waals surface area contributed by atoms with E-state index in [-0.39, 0.29) is 24.3 Å². The number of amides is 2. The number of carbonyl (C=O) groups excluding carboxylic acids is 2.